The second-order valence-electron chi connectivity index (χ2n) is 5.36. The molecule has 0 amide bonds. The van der Waals surface area contributed by atoms with Gasteiger partial charge in [-0.1, -0.05) is 20.8 Å². The van der Waals surface area contributed by atoms with Gasteiger partial charge in [0.1, 0.15) is 5.01 Å². The molecule has 0 spiro atoms. The SMILES string of the molecule is CC(C)(C)c1csc(CNc2ccc(F)c(F)c2)n1. The van der Waals surface area contributed by atoms with Gasteiger partial charge >= 0.3 is 0 Å². The Morgan fingerprint density at radius 1 is 1.21 bits per heavy atom. The van der Waals surface area contributed by atoms with E-state index in [0.29, 0.717) is 12.2 Å². The van der Waals surface area contributed by atoms with Gasteiger partial charge in [-0.2, -0.15) is 0 Å². The molecule has 0 radical (unpaired) electrons. The van der Waals surface area contributed by atoms with Crippen molar-refractivity contribution in [3.63, 3.8) is 0 Å². The van der Waals surface area contributed by atoms with E-state index >= 15 is 0 Å². The normalized spacial score (nSPS) is 11.6. The number of hydrogen-bond donors (Lipinski definition) is 1. The van der Waals surface area contributed by atoms with Crippen LogP contribution in [-0.4, -0.2) is 4.98 Å². The Hall–Kier alpha value is -1.49. The summed E-state index contributed by atoms with van der Waals surface area (Å²) in [5.74, 6) is -1.69. The molecule has 2 aromatic rings. The van der Waals surface area contributed by atoms with E-state index in [4.69, 9.17) is 0 Å². The molecule has 0 aliphatic heterocycles. The Bertz CT molecular complexity index is 573. The van der Waals surface area contributed by atoms with Crippen LogP contribution < -0.4 is 5.32 Å². The molecule has 1 aromatic carbocycles. The van der Waals surface area contributed by atoms with Crippen LogP contribution in [0.4, 0.5) is 14.5 Å². The molecule has 0 aliphatic rings. The van der Waals surface area contributed by atoms with Gasteiger partial charge in [-0.15, -0.1) is 11.3 Å². The highest BCUT2D eigenvalue weighted by molar-refractivity contribution is 7.09. The lowest BCUT2D eigenvalue weighted by atomic mass is 9.93. The summed E-state index contributed by atoms with van der Waals surface area (Å²) in [7, 11) is 0. The van der Waals surface area contributed by atoms with Crippen molar-refractivity contribution >= 4 is 17.0 Å². The fraction of sp³-hybridized carbons (Fsp3) is 0.357. The predicted molar refractivity (Wildman–Crippen MR) is 74.5 cm³/mol. The third-order valence-corrected chi connectivity index (χ3v) is 3.53. The number of hydrogen-bond acceptors (Lipinski definition) is 3. The first kappa shape index (κ1) is 13.9. The standard InChI is InChI=1S/C14H16F2N2S/c1-14(2,3)12-8-19-13(18-12)7-17-9-4-5-10(15)11(16)6-9/h4-6,8,17H,7H2,1-3H3. The molecular weight excluding hydrogens is 266 g/mol. The fourth-order valence-corrected chi connectivity index (χ4v) is 2.48. The molecule has 0 unspecified atom stereocenters. The van der Waals surface area contributed by atoms with Crippen LogP contribution in [0.3, 0.4) is 0 Å². The molecule has 0 saturated carbocycles. The molecule has 5 heteroatoms. The van der Waals surface area contributed by atoms with E-state index in [0.717, 1.165) is 22.8 Å². The summed E-state index contributed by atoms with van der Waals surface area (Å²) in [6.45, 7) is 6.82. The molecule has 0 fully saturated rings. The van der Waals surface area contributed by atoms with Crippen molar-refractivity contribution in [2.45, 2.75) is 32.7 Å². The minimum atomic E-state index is -0.848. The van der Waals surface area contributed by atoms with Gasteiger partial charge in [-0.25, -0.2) is 13.8 Å². The highest BCUT2D eigenvalue weighted by atomic mass is 32.1. The summed E-state index contributed by atoms with van der Waals surface area (Å²) in [6, 6.07) is 3.77. The number of halogens is 2. The number of nitrogens with one attached hydrogen (secondary N) is 1. The van der Waals surface area contributed by atoms with Crippen LogP contribution in [0, 0.1) is 11.6 Å². The maximum absolute atomic E-state index is 13.0. The molecule has 0 saturated heterocycles. The van der Waals surface area contributed by atoms with E-state index in [-0.39, 0.29) is 5.41 Å². The Morgan fingerprint density at radius 3 is 2.53 bits per heavy atom. The molecule has 0 atom stereocenters. The minimum Gasteiger partial charge on any atom is -0.378 e. The van der Waals surface area contributed by atoms with Crippen molar-refractivity contribution in [1.29, 1.82) is 0 Å². The molecular formula is C14H16F2N2S. The topological polar surface area (TPSA) is 24.9 Å². The van der Waals surface area contributed by atoms with Gasteiger partial charge in [-0.05, 0) is 12.1 Å². The third kappa shape index (κ3) is 3.50. The van der Waals surface area contributed by atoms with Crippen molar-refractivity contribution in [2.75, 3.05) is 5.32 Å². The van der Waals surface area contributed by atoms with E-state index < -0.39 is 11.6 Å². The number of aromatic nitrogens is 1. The second kappa shape index (κ2) is 5.25. The maximum atomic E-state index is 13.0. The summed E-state index contributed by atoms with van der Waals surface area (Å²) < 4.78 is 25.8. The van der Waals surface area contributed by atoms with Crippen LogP contribution in [0.25, 0.3) is 0 Å². The molecule has 2 nitrogen and oxygen atoms in total. The lowest BCUT2D eigenvalue weighted by Crippen LogP contribution is -2.11. The van der Waals surface area contributed by atoms with Crippen molar-refractivity contribution in [3.8, 4) is 0 Å². The molecule has 1 aromatic heterocycles. The molecule has 0 bridgehead atoms. The molecule has 1 N–H and O–H groups in total. The zero-order valence-corrected chi connectivity index (χ0v) is 11.9. The third-order valence-electron chi connectivity index (χ3n) is 2.68. The van der Waals surface area contributed by atoms with Crippen molar-refractivity contribution in [2.24, 2.45) is 0 Å². The van der Waals surface area contributed by atoms with Crippen LogP contribution in [0.2, 0.25) is 0 Å². The summed E-state index contributed by atoms with van der Waals surface area (Å²) >= 11 is 1.56. The highest BCUT2D eigenvalue weighted by Gasteiger charge is 2.17. The van der Waals surface area contributed by atoms with E-state index in [1.807, 2.05) is 5.38 Å². The molecule has 102 valence electrons. The van der Waals surface area contributed by atoms with Crippen LogP contribution in [-0.2, 0) is 12.0 Å². The summed E-state index contributed by atoms with van der Waals surface area (Å²) in [5.41, 5.74) is 1.61. The van der Waals surface area contributed by atoms with Gasteiger partial charge < -0.3 is 5.32 Å². The average Bonchev–Trinajstić information content (AvgIpc) is 2.79. The van der Waals surface area contributed by atoms with Crippen molar-refractivity contribution in [3.05, 3.63) is 45.9 Å². The number of benzene rings is 1. The lowest BCUT2D eigenvalue weighted by Gasteiger charge is -2.14. The van der Waals surface area contributed by atoms with Crippen LogP contribution >= 0.6 is 11.3 Å². The van der Waals surface area contributed by atoms with E-state index in [1.165, 1.54) is 6.07 Å². The number of anilines is 1. The van der Waals surface area contributed by atoms with Gasteiger partial charge in [0.15, 0.2) is 11.6 Å². The van der Waals surface area contributed by atoms with Crippen molar-refractivity contribution < 1.29 is 8.78 Å². The van der Waals surface area contributed by atoms with E-state index in [1.54, 1.807) is 11.3 Å². The number of rotatable bonds is 3. The van der Waals surface area contributed by atoms with Gasteiger partial charge in [-0.3, -0.25) is 0 Å². The quantitative estimate of drug-likeness (QED) is 0.906. The Morgan fingerprint density at radius 2 is 1.95 bits per heavy atom. The molecule has 19 heavy (non-hydrogen) atoms. The van der Waals surface area contributed by atoms with Crippen molar-refractivity contribution in [1.82, 2.24) is 4.98 Å². The summed E-state index contributed by atoms with van der Waals surface area (Å²) in [6.07, 6.45) is 0. The fourth-order valence-electron chi connectivity index (χ4n) is 1.52. The first-order valence-electron chi connectivity index (χ1n) is 6.00. The van der Waals surface area contributed by atoms with Gasteiger partial charge in [0.05, 0.1) is 12.2 Å². The predicted octanol–water partition coefficient (Wildman–Crippen LogP) is 4.33. The Labute approximate surface area is 115 Å². The summed E-state index contributed by atoms with van der Waals surface area (Å²) in [5, 5.41) is 5.99. The highest BCUT2D eigenvalue weighted by Crippen LogP contribution is 2.24. The first-order valence-corrected chi connectivity index (χ1v) is 6.88. The van der Waals surface area contributed by atoms with Gasteiger partial charge in [0.25, 0.3) is 0 Å². The zero-order valence-electron chi connectivity index (χ0n) is 11.1. The monoisotopic (exact) mass is 282 g/mol. The smallest absolute Gasteiger partial charge is 0.160 e. The Kier molecular flexibility index (Phi) is 3.85. The molecule has 0 aliphatic carbocycles. The van der Waals surface area contributed by atoms with E-state index in [9.17, 15) is 8.78 Å². The number of nitrogens with zero attached hydrogens (tertiary/aromatic N) is 1. The van der Waals surface area contributed by atoms with E-state index in [2.05, 4.69) is 31.1 Å². The van der Waals surface area contributed by atoms with Crippen LogP contribution in [0.5, 0.6) is 0 Å². The van der Waals surface area contributed by atoms with Gasteiger partial charge in [0, 0.05) is 22.5 Å². The molecule has 2 rings (SSSR count). The summed E-state index contributed by atoms with van der Waals surface area (Å²) in [4.78, 5) is 4.52. The lowest BCUT2D eigenvalue weighted by molar-refractivity contribution is 0.509. The second-order valence-corrected chi connectivity index (χ2v) is 6.30. The van der Waals surface area contributed by atoms with Crippen LogP contribution in [0.1, 0.15) is 31.5 Å². The minimum absolute atomic E-state index is 0.0245. The largest absolute Gasteiger partial charge is 0.378 e. The maximum Gasteiger partial charge on any atom is 0.160 e. The van der Waals surface area contributed by atoms with Gasteiger partial charge in [0.2, 0.25) is 0 Å². The first-order chi connectivity index (χ1) is 8.86. The average molecular weight is 282 g/mol. The van der Waals surface area contributed by atoms with Crippen LogP contribution in [0.15, 0.2) is 23.6 Å². The number of thiazole rings is 1. The Balaban J connectivity index is 2.02. The zero-order chi connectivity index (χ0) is 14.0. The molecule has 1 heterocycles.